The number of carbonyl (C=O) groups is 1. The number of nitrogens with zero attached hydrogens (tertiary/aromatic N) is 3. The van der Waals surface area contributed by atoms with E-state index in [0.717, 1.165) is 43.5 Å². The minimum Gasteiger partial charge on any atom is -0.490 e. The molecule has 2 fully saturated rings. The summed E-state index contributed by atoms with van der Waals surface area (Å²) in [6.45, 7) is 6.61. The van der Waals surface area contributed by atoms with Crippen LogP contribution in [0.4, 0.5) is 10.1 Å². The summed E-state index contributed by atoms with van der Waals surface area (Å²) in [6, 6.07) is 8.27. The van der Waals surface area contributed by atoms with Gasteiger partial charge in [-0.05, 0) is 63.9 Å². The zero-order valence-corrected chi connectivity index (χ0v) is 22.6. The van der Waals surface area contributed by atoms with Gasteiger partial charge in [-0.25, -0.2) is 22.0 Å². The topological polar surface area (TPSA) is 102 Å². The lowest BCUT2D eigenvalue weighted by Gasteiger charge is -2.30. The van der Waals surface area contributed by atoms with Gasteiger partial charge in [0, 0.05) is 36.8 Å². The van der Waals surface area contributed by atoms with Crippen LogP contribution >= 0.6 is 0 Å². The Kier molecular flexibility index (Phi) is 7.08. The third-order valence-electron chi connectivity index (χ3n) is 7.16. The summed E-state index contributed by atoms with van der Waals surface area (Å²) in [5.41, 5.74) is 2.25. The van der Waals surface area contributed by atoms with Gasteiger partial charge in [-0.1, -0.05) is 0 Å². The van der Waals surface area contributed by atoms with Crippen molar-refractivity contribution in [2.24, 2.45) is 0 Å². The Morgan fingerprint density at radius 1 is 1.16 bits per heavy atom. The lowest BCUT2D eigenvalue weighted by molar-refractivity contribution is 0.0250. The van der Waals surface area contributed by atoms with Crippen LogP contribution in [0.5, 0.6) is 5.75 Å². The molecule has 1 atom stereocenters. The summed E-state index contributed by atoms with van der Waals surface area (Å²) >= 11 is 0. The lowest BCUT2D eigenvalue weighted by Crippen LogP contribution is -2.42. The average molecular weight is 545 g/mol. The van der Waals surface area contributed by atoms with Gasteiger partial charge in [-0.2, -0.15) is 5.10 Å². The molecule has 1 unspecified atom stereocenters. The van der Waals surface area contributed by atoms with E-state index < -0.39 is 20.7 Å². The molecule has 0 spiro atoms. The first kappa shape index (κ1) is 26.4. The first-order valence-corrected chi connectivity index (χ1v) is 14.4. The molecule has 1 amide bonds. The van der Waals surface area contributed by atoms with E-state index in [-0.39, 0.29) is 23.5 Å². The van der Waals surface area contributed by atoms with Crippen molar-refractivity contribution in [1.82, 2.24) is 14.3 Å². The number of rotatable bonds is 6. The van der Waals surface area contributed by atoms with Gasteiger partial charge in [0.2, 0.25) is 10.0 Å². The fourth-order valence-electron chi connectivity index (χ4n) is 4.91. The van der Waals surface area contributed by atoms with Crippen LogP contribution in [0.1, 0.15) is 68.4 Å². The molecule has 0 radical (unpaired) electrons. The predicted octanol–water partition coefficient (Wildman–Crippen LogP) is 4.23. The standard InChI is InChI=1S/C27H33FN4O5S/c1-27(2,3)38(34,35)30-26(33)22-17-29-32-12-8-19(16-24(22)32)31-11-4-5-23(31)21-15-18(28)6-7-25(21)37-20-9-13-36-14-10-20/h6-8,12,15-17,20,23H,4-5,9-11,13-14H2,1-3H3,(H,30,33). The van der Waals surface area contributed by atoms with E-state index in [1.165, 1.54) is 37.5 Å². The first-order chi connectivity index (χ1) is 18.0. The molecule has 0 bridgehead atoms. The number of sulfonamides is 1. The molecule has 3 aromatic rings. The Hall–Kier alpha value is -3.18. The van der Waals surface area contributed by atoms with Crippen LogP contribution in [0.15, 0.2) is 42.7 Å². The van der Waals surface area contributed by atoms with Crippen molar-refractivity contribution in [3.63, 3.8) is 0 Å². The van der Waals surface area contributed by atoms with Crippen molar-refractivity contribution in [3.8, 4) is 5.75 Å². The number of carbonyl (C=O) groups excluding carboxylic acids is 1. The van der Waals surface area contributed by atoms with Crippen LogP contribution < -0.4 is 14.4 Å². The Morgan fingerprint density at radius 3 is 2.66 bits per heavy atom. The summed E-state index contributed by atoms with van der Waals surface area (Å²) in [7, 11) is -3.89. The fourth-order valence-corrected chi connectivity index (χ4v) is 5.57. The molecule has 2 aromatic heterocycles. The molecule has 5 rings (SSSR count). The Bertz CT molecular complexity index is 1440. The van der Waals surface area contributed by atoms with Crippen LogP contribution in [0.25, 0.3) is 5.52 Å². The van der Waals surface area contributed by atoms with Crippen LogP contribution in [0.2, 0.25) is 0 Å². The number of nitrogens with one attached hydrogen (secondary N) is 1. The normalized spacial score (nSPS) is 19.2. The SMILES string of the molecule is CC(C)(C)S(=O)(=O)NC(=O)c1cnn2ccc(N3CCCC3c3cc(F)ccc3OC3CCOCC3)cc12. The van der Waals surface area contributed by atoms with E-state index in [2.05, 4.69) is 14.7 Å². The average Bonchev–Trinajstić information content (AvgIpc) is 3.52. The third-order valence-corrected chi connectivity index (χ3v) is 9.23. The smallest absolute Gasteiger partial charge is 0.268 e. The highest BCUT2D eigenvalue weighted by molar-refractivity contribution is 7.91. The molecule has 1 N–H and O–H groups in total. The third kappa shape index (κ3) is 5.22. The first-order valence-electron chi connectivity index (χ1n) is 12.9. The number of fused-ring (bicyclic) bond motifs is 1. The molecule has 0 saturated carbocycles. The number of ether oxygens (including phenoxy) is 2. The maximum Gasteiger partial charge on any atom is 0.268 e. The van der Waals surface area contributed by atoms with E-state index >= 15 is 0 Å². The van der Waals surface area contributed by atoms with E-state index in [9.17, 15) is 17.6 Å². The van der Waals surface area contributed by atoms with Gasteiger partial charge in [-0.15, -0.1) is 0 Å². The molecule has 4 heterocycles. The number of amides is 1. The van der Waals surface area contributed by atoms with Gasteiger partial charge in [0.05, 0.1) is 41.3 Å². The van der Waals surface area contributed by atoms with Crippen molar-refractivity contribution in [2.75, 3.05) is 24.7 Å². The Labute approximate surface area is 222 Å². The second kappa shape index (κ2) is 10.2. The van der Waals surface area contributed by atoms with E-state index in [1.54, 1.807) is 18.3 Å². The molecule has 2 saturated heterocycles. The van der Waals surface area contributed by atoms with E-state index in [0.29, 0.717) is 24.5 Å². The van der Waals surface area contributed by atoms with Crippen molar-refractivity contribution >= 4 is 27.1 Å². The largest absolute Gasteiger partial charge is 0.490 e. The van der Waals surface area contributed by atoms with Crippen molar-refractivity contribution in [1.29, 1.82) is 0 Å². The molecule has 38 heavy (non-hydrogen) atoms. The van der Waals surface area contributed by atoms with Gasteiger partial charge < -0.3 is 14.4 Å². The van der Waals surface area contributed by atoms with Crippen molar-refractivity contribution in [3.05, 3.63) is 59.7 Å². The Balaban J connectivity index is 1.45. The van der Waals surface area contributed by atoms with Gasteiger partial charge in [0.1, 0.15) is 17.7 Å². The fraction of sp³-hybridized carbons (Fsp3) is 0.481. The number of hydrogen-bond donors (Lipinski definition) is 1. The molecule has 2 aliphatic heterocycles. The van der Waals surface area contributed by atoms with Crippen molar-refractivity contribution < 1.29 is 27.1 Å². The van der Waals surface area contributed by atoms with E-state index in [4.69, 9.17) is 9.47 Å². The van der Waals surface area contributed by atoms with Gasteiger partial charge >= 0.3 is 0 Å². The molecule has 2 aliphatic rings. The van der Waals surface area contributed by atoms with Crippen LogP contribution in [-0.4, -0.2) is 54.5 Å². The minimum absolute atomic E-state index is 0.0244. The molecule has 11 heteroatoms. The zero-order valence-electron chi connectivity index (χ0n) is 21.8. The molecular weight excluding hydrogens is 511 g/mol. The highest BCUT2D eigenvalue weighted by Crippen LogP contribution is 2.41. The van der Waals surface area contributed by atoms with Crippen LogP contribution in [-0.2, 0) is 14.8 Å². The number of aromatic nitrogens is 2. The lowest BCUT2D eigenvalue weighted by atomic mass is 10.0. The van der Waals surface area contributed by atoms with Crippen LogP contribution in [0.3, 0.4) is 0 Å². The van der Waals surface area contributed by atoms with E-state index in [1.807, 2.05) is 12.1 Å². The molecule has 0 aliphatic carbocycles. The molecule has 204 valence electrons. The Morgan fingerprint density at radius 2 is 1.92 bits per heavy atom. The number of hydrogen-bond acceptors (Lipinski definition) is 7. The van der Waals surface area contributed by atoms with Gasteiger partial charge in [0.25, 0.3) is 5.91 Å². The quantitative estimate of drug-likeness (QED) is 0.496. The summed E-state index contributed by atoms with van der Waals surface area (Å²) in [5.74, 6) is -0.383. The molecule has 9 nitrogen and oxygen atoms in total. The van der Waals surface area contributed by atoms with Crippen molar-refractivity contribution in [2.45, 2.75) is 63.3 Å². The molecule has 1 aromatic carbocycles. The highest BCUT2D eigenvalue weighted by Gasteiger charge is 2.33. The number of benzene rings is 1. The van der Waals surface area contributed by atoms with Gasteiger partial charge in [-0.3, -0.25) is 4.79 Å². The summed E-state index contributed by atoms with van der Waals surface area (Å²) < 4.78 is 53.9. The predicted molar refractivity (Wildman–Crippen MR) is 142 cm³/mol. The monoisotopic (exact) mass is 544 g/mol. The summed E-state index contributed by atoms with van der Waals surface area (Å²) in [4.78, 5) is 15.1. The molecular formula is C27H33FN4O5S. The maximum atomic E-state index is 14.4. The van der Waals surface area contributed by atoms with Gasteiger partial charge in [0.15, 0.2) is 0 Å². The maximum absolute atomic E-state index is 14.4. The minimum atomic E-state index is -3.89. The highest BCUT2D eigenvalue weighted by atomic mass is 32.2. The second-order valence-electron chi connectivity index (χ2n) is 10.8. The van der Waals surface area contributed by atoms with Crippen LogP contribution in [0, 0.1) is 5.82 Å². The number of anilines is 1. The number of pyridine rings is 1. The second-order valence-corrected chi connectivity index (χ2v) is 13.2. The summed E-state index contributed by atoms with van der Waals surface area (Å²) in [6.07, 6.45) is 6.42. The summed E-state index contributed by atoms with van der Waals surface area (Å²) in [5, 5.41) is 4.23. The number of halogens is 1. The zero-order chi connectivity index (χ0) is 27.1.